The van der Waals surface area contributed by atoms with Gasteiger partial charge in [0.1, 0.15) is 0 Å². The zero-order valence-electron chi connectivity index (χ0n) is 45.2. The first-order valence-corrected chi connectivity index (χ1v) is 30.6. The highest BCUT2D eigenvalue weighted by molar-refractivity contribution is 5.38. The van der Waals surface area contributed by atoms with E-state index in [9.17, 15) is 0 Å². The van der Waals surface area contributed by atoms with Gasteiger partial charge in [-0.2, -0.15) is 0 Å². The summed E-state index contributed by atoms with van der Waals surface area (Å²) in [6.07, 6.45) is 76.6. The summed E-state index contributed by atoms with van der Waals surface area (Å²) in [7, 11) is 0. The fourth-order valence-corrected chi connectivity index (χ4v) is 18.9. The van der Waals surface area contributed by atoms with E-state index >= 15 is 0 Å². The van der Waals surface area contributed by atoms with Gasteiger partial charge in [0.2, 0.25) is 0 Å². The molecule has 15 atom stereocenters. The first kappa shape index (κ1) is 49.5. The third-order valence-electron chi connectivity index (χ3n) is 22.3. The second kappa shape index (κ2) is 21.0. The Morgan fingerprint density at radius 3 is 2.21 bits per heavy atom. The number of rotatable bonds is 11. The summed E-state index contributed by atoms with van der Waals surface area (Å²) in [5.74, 6) is 6.54. The van der Waals surface area contributed by atoms with Gasteiger partial charge >= 0.3 is 0 Å². The minimum absolute atomic E-state index is 0.234. The molecule has 12 rings (SSSR count). The third kappa shape index (κ3) is 9.19. The molecule has 386 valence electrons. The van der Waals surface area contributed by atoms with Crippen LogP contribution < -0.4 is 0 Å². The lowest BCUT2D eigenvalue weighted by Crippen LogP contribution is -2.54. The van der Waals surface area contributed by atoms with E-state index in [0.29, 0.717) is 88.9 Å². The number of hydrogen-bond acceptors (Lipinski definition) is 3. The van der Waals surface area contributed by atoms with Crippen LogP contribution in [0.25, 0.3) is 0 Å². The zero-order chi connectivity index (χ0) is 49.0. The summed E-state index contributed by atoms with van der Waals surface area (Å²) in [6.45, 7) is 15.5. The van der Waals surface area contributed by atoms with Gasteiger partial charge in [-0.3, -0.25) is 4.90 Å². The lowest BCUT2D eigenvalue weighted by molar-refractivity contribution is -0.0476. The zero-order valence-corrected chi connectivity index (χ0v) is 45.2. The van der Waals surface area contributed by atoms with Crippen molar-refractivity contribution in [3.05, 3.63) is 145 Å². The lowest BCUT2D eigenvalue weighted by atomic mass is 9.50. The summed E-state index contributed by atoms with van der Waals surface area (Å²) < 4.78 is 6.89. The van der Waals surface area contributed by atoms with E-state index in [0.717, 1.165) is 25.2 Å². The van der Waals surface area contributed by atoms with Crippen LogP contribution in [0.1, 0.15) is 168 Å². The molecular weight excluding hydrogens is 873 g/mol. The number of allylic oxidation sites excluding steroid dienone is 15. The molecule has 0 aromatic rings. The van der Waals surface area contributed by atoms with E-state index < -0.39 is 0 Å². The SMILES string of the molecule is C=CC1=CCC(N2C3=CCCCC3C3C=C(C4CCC(N(C5C=CC6C7C=CC=CC7C(C7C=CC(OC8C=CC(C=C)CC8)CC7)(C7CCCCC7)C6C5)C5CC=C(C(C)(C)C)CC5)CC4)C=CC32)CC1. The van der Waals surface area contributed by atoms with Gasteiger partial charge in [-0.15, -0.1) is 6.58 Å². The highest BCUT2D eigenvalue weighted by Gasteiger charge is 2.64. The Labute approximate surface area is 438 Å². The second-order valence-electron chi connectivity index (χ2n) is 26.7. The molecule has 3 saturated carbocycles. The highest BCUT2D eigenvalue weighted by Crippen LogP contribution is 2.69. The van der Waals surface area contributed by atoms with Gasteiger partial charge < -0.3 is 9.64 Å². The average molecular weight is 968 g/mol. The van der Waals surface area contributed by atoms with E-state index in [1.807, 2.05) is 0 Å². The molecule has 0 bridgehead atoms. The van der Waals surface area contributed by atoms with E-state index in [4.69, 9.17) is 4.74 Å². The van der Waals surface area contributed by atoms with E-state index in [1.54, 1.807) is 16.8 Å². The van der Waals surface area contributed by atoms with Crippen molar-refractivity contribution in [3.8, 4) is 0 Å². The minimum Gasteiger partial charge on any atom is -0.367 e. The van der Waals surface area contributed by atoms with Crippen LogP contribution >= 0.6 is 0 Å². The predicted molar refractivity (Wildman–Crippen MR) is 302 cm³/mol. The van der Waals surface area contributed by atoms with Crippen LogP contribution in [0.15, 0.2) is 145 Å². The van der Waals surface area contributed by atoms with Crippen molar-refractivity contribution in [1.82, 2.24) is 9.80 Å². The highest BCUT2D eigenvalue weighted by atomic mass is 16.5. The third-order valence-corrected chi connectivity index (χ3v) is 22.3. The summed E-state index contributed by atoms with van der Waals surface area (Å²) in [4.78, 5) is 6.16. The van der Waals surface area contributed by atoms with Crippen LogP contribution in [-0.4, -0.2) is 52.2 Å². The Bertz CT molecular complexity index is 2310. The second-order valence-corrected chi connectivity index (χ2v) is 26.7. The van der Waals surface area contributed by atoms with Crippen LogP contribution in [-0.2, 0) is 4.74 Å². The van der Waals surface area contributed by atoms with Crippen molar-refractivity contribution in [2.24, 2.45) is 70.0 Å². The smallest absolute Gasteiger partial charge is 0.0764 e. The standard InChI is InChI=1S/C69H94N2O/c1-6-47-21-32-56(33-22-47)71-66-20-14-12-18-62(66)63-45-50(27-44-67(63)71)49-25-34-54(35-26-49)70(55-36-28-51(29-37-55)68(3,4)5)57-38-43-61-60-17-11-13-19-64(60)69(65(61)46-57,52-15-9-8-10-16-52)53-30-41-59(42-31-53)72-58-39-23-48(7-2)24-40-58/h6-7,11,13,17,19-21,23,27-28,30,38-39,41,43-45,48-49,52-65,67H,1-2,8-10,12,14-16,18,22,24-26,29,31-37,40,42,46H2,3-5H3. The van der Waals surface area contributed by atoms with Crippen LogP contribution in [0, 0.1) is 70.0 Å². The van der Waals surface area contributed by atoms with E-state index in [-0.39, 0.29) is 17.6 Å². The molecule has 11 aliphatic carbocycles. The fourth-order valence-electron chi connectivity index (χ4n) is 18.9. The molecule has 0 N–H and O–H groups in total. The van der Waals surface area contributed by atoms with Crippen molar-refractivity contribution >= 4 is 0 Å². The normalized spacial score (nSPS) is 42.8. The number of nitrogens with zero attached hydrogens (tertiary/aromatic N) is 2. The molecule has 1 heterocycles. The maximum absolute atomic E-state index is 6.89. The van der Waals surface area contributed by atoms with Crippen molar-refractivity contribution in [3.63, 3.8) is 0 Å². The molecule has 3 heteroatoms. The molecule has 0 amide bonds. The van der Waals surface area contributed by atoms with Gasteiger partial charge in [-0.25, -0.2) is 0 Å². The van der Waals surface area contributed by atoms with Crippen molar-refractivity contribution in [2.45, 2.75) is 211 Å². The molecule has 4 fully saturated rings. The Morgan fingerprint density at radius 2 is 1.50 bits per heavy atom. The van der Waals surface area contributed by atoms with Crippen molar-refractivity contribution < 1.29 is 4.74 Å². The molecule has 0 spiro atoms. The van der Waals surface area contributed by atoms with Gasteiger partial charge in [-0.1, -0.05) is 167 Å². The van der Waals surface area contributed by atoms with Gasteiger partial charge in [-0.05, 0) is 192 Å². The number of ether oxygens (including phenoxy) is 1. The quantitative estimate of drug-likeness (QED) is 0.192. The van der Waals surface area contributed by atoms with Gasteiger partial charge in [0.25, 0.3) is 0 Å². The molecule has 0 aromatic carbocycles. The molecule has 0 radical (unpaired) electrons. The van der Waals surface area contributed by atoms with E-state index in [1.165, 1.54) is 134 Å². The monoisotopic (exact) mass is 967 g/mol. The van der Waals surface area contributed by atoms with Crippen molar-refractivity contribution in [1.29, 1.82) is 0 Å². The maximum Gasteiger partial charge on any atom is 0.0764 e. The topological polar surface area (TPSA) is 15.7 Å². The van der Waals surface area contributed by atoms with Gasteiger partial charge in [0.05, 0.1) is 18.2 Å². The van der Waals surface area contributed by atoms with Crippen LogP contribution in [0.3, 0.4) is 0 Å². The van der Waals surface area contributed by atoms with Gasteiger partial charge in [0.15, 0.2) is 0 Å². The first-order chi connectivity index (χ1) is 35.2. The number of fused-ring (bicyclic) bond motifs is 6. The number of hydrogen-bond donors (Lipinski definition) is 0. The Kier molecular flexibility index (Phi) is 14.4. The van der Waals surface area contributed by atoms with Crippen LogP contribution in [0.4, 0.5) is 0 Å². The fraction of sp³-hybridized carbons (Fsp3) is 0.652. The molecule has 1 aliphatic heterocycles. The summed E-state index contributed by atoms with van der Waals surface area (Å²) >= 11 is 0. The molecular formula is C69H94N2O. The maximum atomic E-state index is 6.89. The summed E-state index contributed by atoms with van der Waals surface area (Å²) in [5.41, 5.74) is 7.10. The summed E-state index contributed by atoms with van der Waals surface area (Å²) in [5, 5.41) is 0. The number of likely N-dealkylation sites (tertiary alicyclic amines) is 1. The van der Waals surface area contributed by atoms with Crippen LogP contribution in [0.5, 0.6) is 0 Å². The first-order valence-electron chi connectivity index (χ1n) is 30.6. The predicted octanol–water partition coefficient (Wildman–Crippen LogP) is 16.9. The van der Waals surface area contributed by atoms with Crippen LogP contribution in [0.2, 0.25) is 0 Å². The largest absolute Gasteiger partial charge is 0.367 e. The summed E-state index contributed by atoms with van der Waals surface area (Å²) in [6, 6.07) is 2.98. The molecule has 72 heavy (non-hydrogen) atoms. The van der Waals surface area contributed by atoms with Crippen molar-refractivity contribution in [2.75, 3.05) is 0 Å². The average Bonchev–Trinajstić information content (AvgIpc) is 3.92. The molecule has 1 saturated heterocycles. The Balaban J connectivity index is 0.815. The molecule has 15 unspecified atom stereocenters. The van der Waals surface area contributed by atoms with E-state index in [2.05, 4.69) is 153 Å². The molecule has 0 aromatic heterocycles. The Morgan fingerprint density at radius 1 is 0.681 bits per heavy atom. The van der Waals surface area contributed by atoms with Gasteiger partial charge in [0, 0.05) is 41.7 Å². The molecule has 3 nitrogen and oxygen atoms in total. The molecule has 12 aliphatic rings. The lowest BCUT2D eigenvalue weighted by Gasteiger charge is -2.56. The Hall–Kier alpha value is -3.40. The minimum atomic E-state index is 0.234.